The molecule has 0 aromatic heterocycles. The third kappa shape index (κ3) is 18.5. The summed E-state index contributed by atoms with van der Waals surface area (Å²) in [5.74, 6) is -10.4. The zero-order valence-corrected chi connectivity index (χ0v) is 52.1. The lowest BCUT2D eigenvalue weighted by Gasteiger charge is -2.51. The zero-order valence-electron chi connectivity index (χ0n) is 52.1. The van der Waals surface area contributed by atoms with Crippen LogP contribution in [-0.4, -0.2) is 296 Å². The van der Waals surface area contributed by atoms with Crippen LogP contribution in [0.15, 0.2) is 84.9 Å². The molecule has 97 heavy (non-hydrogen) atoms. The molecule has 0 saturated carbocycles. The van der Waals surface area contributed by atoms with E-state index in [0.29, 0.717) is 5.56 Å². The molecule has 24 atom stereocenters. The van der Waals surface area contributed by atoms with Gasteiger partial charge in [0.25, 0.3) is 0 Å². The van der Waals surface area contributed by atoms with E-state index in [0.717, 1.165) is 39.0 Å². The molecule has 5 saturated heterocycles. The lowest BCUT2D eigenvalue weighted by atomic mass is 9.95. The number of methoxy groups -OCH3 is 1. The summed E-state index contributed by atoms with van der Waals surface area (Å²) >= 11 is 0. The van der Waals surface area contributed by atoms with Crippen molar-refractivity contribution in [3.8, 4) is 17.2 Å². The first kappa shape index (κ1) is 75.3. The molecule has 35 nitrogen and oxygen atoms in total. The highest BCUT2D eigenvalue weighted by molar-refractivity contribution is 5.90. The van der Waals surface area contributed by atoms with E-state index in [9.17, 15) is 95.2 Å². The smallest absolute Gasteiger partial charge is 0.338 e. The van der Waals surface area contributed by atoms with E-state index >= 15 is 0 Å². The Bertz CT molecular complexity index is 3180. The van der Waals surface area contributed by atoms with Gasteiger partial charge in [-0.05, 0) is 59.7 Å². The SMILES string of the molecule is COc1cc(/C=C/C(=O)O[C@H]2[C@H](O[C@@H]3O[C@H](COC(C)=O)[C@@H](OC(C)=O)[C@H](O[C@@H]4O[C@H](CO)C(O)[C@H](O)[C@H]4O)[C@H]3O)[C@@H](O[C@@H]3O[C@H](CO)[C@@H](O)[C@H](O)[C@H]3O)[C@@H](O[C@]3(COC(=O)/C=C/c4ccc(O)cc4)O[C@H](CO)[C@@H](O)[C@@H]3OC(=O)c3ccccc3)O[C@@H]2COC(C)=O)ccc1O. The standard InChI is InChI=1S/C62H76O35/c1-27(66)83-24-39-51(86-29(3)68)53(92-58-48(78)46(76)43(73)36(21-63)87-58)50(80)60(89-39)93-54-52(91-42(72)19-14-31-12-17-34(70)35(20-31)82-4)40(25-84-28(2)67)90-61(55(54)94-59-49(79)47(77)44(74)37(22-64)88-59)97-62(26-85-41(71)18-13-30-10-15-33(69)16-11-30)56(45(75)38(23-65)96-62)95-57(81)32-8-6-5-7-9-32/h5-20,36-40,43-56,58-61,63-65,69-70,73-80H,21-26H2,1-4H3/b18-13+,19-14+/t36-,37-,38-,39-,40-,43?,44-,45-,46+,47+,48-,49-,50-,51-,52-,53-,54+,55-,56+,58+,59+,60+,61-,62+/m1/s1. The van der Waals surface area contributed by atoms with Gasteiger partial charge < -0.3 is 142 Å². The van der Waals surface area contributed by atoms with Gasteiger partial charge in [-0.15, -0.1) is 0 Å². The van der Waals surface area contributed by atoms with Gasteiger partial charge in [0.15, 0.2) is 55.0 Å². The van der Waals surface area contributed by atoms with Crippen molar-refractivity contribution < 1.29 is 171 Å². The maximum atomic E-state index is 14.5. The summed E-state index contributed by atoms with van der Waals surface area (Å²) in [7, 11) is 1.24. The minimum atomic E-state index is -3.04. The molecule has 0 aliphatic carbocycles. The van der Waals surface area contributed by atoms with Crippen molar-refractivity contribution in [1.29, 1.82) is 0 Å². The molecule has 1 unspecified atom stereocenters. The Morgan fingerprint density at radius 2 is 0.990 bits per heavy atom. The molecule has 5 aliphatic rings. The first-order valence-electron chi connectivity index (χ1n) is 30.0. The number of ether oxygens (including phenoxy) is 16. The number of aromatic hydroxyl groups is 2. The van der Waals surface area contributed by atoms with E-state index in [1.54, 1.807) is 6.07 Å². The quantitative estimate of drug-likeness (QED) is 0.0205. The topological polar surface area (TPSA) is 513 Å². The molecule has 5 heterocycles. The predicted molar refractivity (Wildman–Crippen MR) is 313 cm³/mol. The van der Waals surface area contributed by atoms with Crippen molar-refractivity contribution in [2.75, 3.05) is 46.8 Å². The Morgan fingerprint density at radius 1 is 0.485 bits per heavy atom. The molecule has 5 fully saturated rings. The Kier molecular flexibility index (Phi) is 26.3. The Hall–Kier alpha value is -7.44. The molecule has 3 aromatic rings. The number of aliphatic hydroxyl groups excluding tert-OH is 11. The third-order valence-electron chi connectivity index (χ3n) is 15.8. The van der Waals surface area contributed by atoms with E-state index in [4.69, 9.17) is 75.8 Å². The summed E-state index contributed by atoms with van der Waals surface area (Å²) in [6.45, 7) is -3.72. The molecule has 13 N–H and O–H groups in total. The average Bonchev–Trinajstić information content (AvgIpc) is 1.67. The molecule has 0 amide bonds. The van der Waals surface area contributed by atoms with Crippen molar-refractivity contribution in [1.82, 2.24) is 0 Å². The van der Waals surface area contributed by atoms with Crippen molar-refractivity contribution >= 4 is 48.0 Å². The number of carbonyl (C=O) groups is 6. The molecule has 0 spiro atoms. The molecule has 3 aromatic carbocycles. The maximum Gasteiger partial charge on any atom is 0.338 e. The number of carbonyl (C=O) groups excluding carboxylic acids is 6. The minimum absolute atomic E-state index is 0.0487. The molecular formula is C62H76O35. The van der Waals surface area contributed by atoms with Crippen molar-refractivity contribution in [2.45, 2.75) is 168 Å². The van der Waals surface area contributed by atoms with Gasteiger partial charge in [0, 0.05) is 32.9 Å². The van der Waals surface area contributed by atoms with Crippen LogP contribution in [0.2, 0.25) is 0 Å². The van der Waals surface area contributed by atoms with Crippen LogP contribution >= 0.6 is 0 Å². The average molecular weight is 1380 g/mol. The van der Waals surface area contributed by atoms with Crippen LogP contribution in [-0.2, 0) is 95.0 Å². The van der Waals surface area contributed by atoms with Crippen molar-refractivity contribution in [3.63, 3.8) is 0 Å². The Labute approximate surface area is 550 Å². The highest BCUT2D eigenvalue weighted by Gasteiger charge is 2.65. The number of hydrogen-bond donors (Lipinski definition) is 13. The van der Waals surface area contributed by atoms with Crippen LogP contribution in [0.3, 0.4) is 0 Å². The van der Waals surface area contributed by atoms with E-state index < -0.39 is 222 Å². The molecule has 0 radical (unpaired) electrons. The third-order valence-corrected chi connectivity index (χ3v) is 15.8. The van der Waals surface area contributed by atoms with Crippen LogP contribution < -0.4 is 4.74 Å². The number of hydrogen-bond acceptors (Lipinski definition) is 35. The summed E-state index contributed by atoms with van der Waals surface area (Å²) in [4.78, 5) is 80.9. The minimum Gasteiger partial charge on any atom is -0.508 e. The number of rotatable bonds is 26. The second-order valence-corrected chi connectivity index (χ2v) is 22.6. The van der Waals surface area contributed by atoms with Crippen LogP contribution in [0.5, 0.6) is 17.2 Å². The molecule has 0 bridgehead atoms. The lowest BCUT2D eigenvalue weighted by Crippen LogP contribution is -2.70. The van der Waals surface area contributed by atoms with E-state index in [1.807, 2.05) is 0 Å². The van der Waals surface area contributed by atoms with Gasteiger partial charge >= 0.3 is 35.8 Å². The number of esters is 6. The first-order valence-corrected chi connectivity index (χ1v) is 30.0. The van der Waals surface area contributed by atoms with Gasteiger partial charge in [-0.1, -0.05) is 36.4 Å². The van der Waals surface area contributed by atoms with Gasteiger partial charge in [-0.2, -0.15) is 0 Å². The Morgan fingerprint density at radius 3 is 1.55 bits per heavy atom. The highest BCUT2D eigenvalue weighted by Crippen LogP contribution is 2.43. The lowest BCUT2D eigenvalue weighted by molar-refractivity contribution is -0.423. The molecule has 8 rings (SSSR count). The molecule has 5 aliphatic heterocycles. The molecule has 534 valence electrons. The van der Waals surface area contributed by atoms with E-state index in [2.05, 4.69) is 0 Å². The van der Waals surface area contributed by atoms with Crippen LogP contribution in [0.4, 0.5) is 0 Å². The second kappa shape index (κ2) is 33.9. The number of aliphatic hydroxyl groups is 11. The maximum absolute atomic E-state index is 14.5. The fraction of sp³-hybridized carbons (Fsp3) is 0.548. The fourth-order valence-electron chi connectivity index (χ4n) is 10.9. The first-order chi connectivity index (χ1) is 46.2. The largest absolute Gasteiger partial charge is 0.508 e. The van der Waals surface area contributed by atoms with Crippen LogP contribution in [0.25, 0.3) is 12.2 Å². The summed E-state index contributed by atoms with van der Waals surface area (Å²) in [6.07, 6.45) is -46.2. The van der Waals surface area contributed by atoms with E-state index in [-0.39, 0.29) is 28.4 Å². The molecular weight excluding hydrogens is 1300 g/mol. The number of benzene rings is 3. The summed E-state index contributed by atoms with van der Waals surface area (Å²) in [5, 5.41) is 143. The van der Waals surface area contributed by atoms with Gasteiger partial charge in [-0.25, -0.2) is 14.4 Å². The van der Waals surface area contributed by atoms with Crippen molar-refractivity contribution in [3.05, 3.63) is 102 Å². The van der Waals surface area contributed by atoms with Gasteiger partial charge in [0.05, 0.1) is 32.5 Å². The second-order valence-electron chi connectivity index (χ2n) is 22.6. The van der Waals surface area contributed by atoms with Crippen LogP contribution in [0.1, 0.15) is 42.3 Å². The van der Waals surface area contributed by atoms with Gasteiger partial charge in [-0.3, -0.25) is 14.4 Å². The highest BCUT2D eigenvalue weighted by atomic mass is 16.8. The summed E-state index contributed by atoms with van der Waals surface area (Å²) in [6, 6.07) is 16.3. The van der Waals surface area contributed by atoms with E-state index in [1.165, 1.54) is 79.9 Å². The fourth-order valence-corrected chi connectivity index (χ4v) is 10.9. The zero-order chi connectivity index (χ0) is 70.6. The summed E-state index contributed by atoms with van der Waals surface area (Å²) in [5.41, 5.74) is 0.382. The number of phenols is 2. The van der Waals surface area contributed by atoms with Crippen LogP contribution in [0, 0.1) is 0 Å². The number of phenolic OH excluding ortho intramolecular Hbond substituents is 2. The van der Waals surface area contributed by atoms with Gasteiger partial charge in [0.2, 0.25) is 5.79 Å². The molecule has 35 heteroatoms. The Balaban J connectivity index is 1.33. The summed E-state index contributed by atoms with van der Waals surface area (Å²) < 4.78 is 95.4. The monoisotopic (exact) mass is 1380 g/mol. The predicted octanol–water partition coefficient (Wildman–Crippen LogP) is -4.40. The van der Waals surface area contributed by atoms with Crippen molar-refractivity contribution in [2.24, 2.45) is 0 Å². The normalized spacial score (nSPS) is 35.1. The van der Waals surface area contributed by atoms with Gasteiger partial charge in [0.1, 0.15) is 123 Å².